The Bertz CT molecular complexity index is 534. The third-order valence-corrected chi connectivity index (χ3v) is 3.96. The van der Waals surface area contributed by atoms with Gasteiger partial charge in [0.05, 0.1) is 17.2 Å². The number of nitrogens with zero attached hydrogens (tertiary/aromatic N) is 1. The third kappa shape index (κ3) is 2.62. The number of fused-ring (bicyclic) bond motifs is 1. The van der Waals surface area contributed by atoms with Crippen LogP contribution in [0.15, 0.2) is 16.6 Å². The number of ether oxygens (including phenoxy) is 3. The van der Waals surface area contributed by atoms with E-state index in [1.54, 1.807) is 12.1 Å². The van der Waals surface area contributed by atoms with Crippen molar-refractivity contribution in [3.05, 3.63) is 22.2 Å². The zero-order valence-electron chi connectivity index (χ0n) is 11.2. The normalized spacial score (nSPS) is 21.7. The van der Waals surface area contributed by atoms with Gasteiger partial charge in [-0.25, -0.2) is 0 Å². The van der Waals surface area contributed by atoms with Gasteiger partial charge in [0.15, 0.2) is 11.5 Å². The van der Waals surface area contributed by atoms with E-state index >= 15 is 0 Å². The van der Waals surface area contributed by atoms with Crippen molar-refractivity contribution >= 4 is 21.8 Å². The minimum absolute atomic E-state index is 0.00202. The van der Waals surface area contributed by atoms with E-state index in [2.05, 4.69) is 15.9 Å². The van der Waals surface area contributed by atoms with Crippen LogP contribution in [0.4, 0.5) is 0 Å². The molecule has 0 unspecified atom stereocenters. The number of hydrogen-bond acceptors (Lipinski definition) is 4. The smallest absolute Gasteiger partial charge is 0.254 e. The van der Waals surface area contributed by atoms with Gasteiger partial charge in [-0.2, -0.15) is 0 Å². The Morgan fingerprint density at radius 2 is 2.10 bits per heavy atom. The Balaban J connectivity index is 1.86. The van der Waals surface area contributed by atoms with E-state index in [0.717, 1.165) is 4.47 Å². The van der Waals surface area contributed by atoms with Gasteiger partial charge in [-0.1, -0.05) is 0 Å². The second-order valence-electron chi connectivity index (χ2n) is 4.91. The van der Waals surface area contributed by atoms with Gasteiger partial charge in [-0.15, -0.1) is 0 Å². The average Bonchev–Trinajstić information content (AvgIpc) is 2.46. The Kier molecular flexibility index (Phi) is 3.85. The average molecular weight is 342 g/mol. The first kappa shape index (κ1) is 13.7. The first-order valence-corrected chi connectivity index (χ1v) is 7.44. The molecule has 2 heterocycles. The van der Waals surface area contributed by atoms with E-state index in [1.807, 2.05) is 11.8 Å². The van der Waals surface area contributed by atoms with Crippen LogP contribution in [0.2, 0.25) is 0 Å². The minimum Gasteiger partial charge on any atom is -0.486 e. The zero-order chi connectivity index (χ0) is 14.1. The maximum Gasteiger partial charge on any atom is 0.254 e. The lowest BCUT2D eigenvalue weighted by Crippen LogP contribution is -2.44. The van der Waals surface area contributed by atoms with Gasteiger partial charge in [0, 0.05) is 18.7 Å². The molecule has 3 rings (SSSR count). The van der Waals surface area contributed by atoms with Gasteiger partial charge < -0.3 is 19.1 Å². The van der Waals surface area contributed by atoms with E-state index in [9.17, 15) is 4.79 Å². The van der Waals surface area contributed by atoms with Crippen molar-refractivity contribution in [2.24, 2.45) is 0 Å². The number of rotatable bonds is 1. The zero-order valence-corrected chi connectivity index (χ0v) is 12.8. The summed E-state index contributed by atoms with van der Waals surface area (Å²) in [4.78, 5) is 14.3. The van der Waals surface area contributed by atoms with E-state index in [0.29, 0.717) is 50.0 Å². The molecule has 0 radical (unpaired) electrons. The molecular weight excluding hydrogens is 326 g/mol. The van der Waals surface area contributed by atoms with Crippen LogP contribution >= 0.6 is 15.9 Å². The molecule has 0 aromatic heterocycles. The maximum absolute atomic E-state index is 12.5. The van der Waals surface area contributed by atoms with Crippen LogP contribution in [0.3, 0.4) is 0 Å². The van der Waals surface area contributed by atoms with Crippen LogP contribution < -0.4 is 9.47 Å². The highest BCUT2D eigenvalue weighted by Gasteiger charge is 2.25. The highest BCUT2D eigenvalue weighted by Crippen LogP contribution is 2.38. The molecular formula is C14H16BrNO4. The number of morpholine rings is 1. The van der Waals surface area contributed by atoms with E-state index in [1.165, 1.54) is 0 Å². The minimum atomic E-state index is -0.00202. The fourth-order valence-corrected chi connectivity index (χ4v) is 2.98. The molecule has 5 nitrogen and oxygen atoms in total. The highest BCUT2D eigenvalue weighted by molar-refractivity contribution is 9.10. The Labute approximate surface area is 125 Å². The van der Waals surface area contributed by atoms with Crippen LogP contribution in [0.1, 0.15) is 17.3 Å². The topological polar surface area (TPSA) is 48.0 Å². The maximum atomic E-state index is 12.5. The Morgan fingerprint density at radius 1 is 1.30 bits per heavy atom. The molecule has 1 atom stereocenters. The van der Waals surface area contributed by atoms with Gasteiger partial charge in [0.1, 0.15) is 13.2 Å². The van der Waals surface area contributed by atoms with Gasteiger partial charge in [0.2, 0.25) is 0 Å². The molecule has 0 spiro atoms. The fraction of sp³-hybridized carbons (Fsp3) is 0.500. The number of benzene rings is 1. The molecule has 20 heavy (non-hydrogen) atoms. The van der Waals surface area contributed by atoms with Crippen molar-refractivity contribution in [3.8, 4) is 11.5 Å². The summed E-state index contributed by atoms with van der Waals surface area (Å²) < 4.78 is 17.3. The lowest BCUT2D eigenvalue weighted by atomic mass is 10.1. The van der Waals surface area contributed by atoms with Gasteiger partial charge >= 0.3 is 0 Å². The van der Waals surface area contributed by atoms with Gasteiger partial charge in [0.25, 0.3) is 5.91 Å². The van der Waals surface area contributed by atoms with Gasteiger partial charge in [-0.3, -0.25) is 4.79 Å². The monoisotopic (exact) mass is 341 g/mol. The molecule has 1 saturated heterocycles. The molecule has 0 N–H and O–H groups in total. The second kappa shape index (κ2) is 5.61. The van der Waals surface area contributed by atoms with Crippen molar-refractivity contribution < 1.29 is 19.0 Å². The molecule has 108 valence electrons. The summed E-state index contributed by atoms with van der Waals surface area (Å²) in [6.45, 7) is 4.82. The van der Waals surface area contributed by atoms with E-state index in [-0.39, 0.29) is 12.0 Å². The molecule has 2 aliphatic rings. The van der Waals surface area contributed by atoms with Crippen LogP contribution in [-0.4, -0.2) is 49.8 Å². The van der Waals surface area contributed by atoms with Crippen LogP contribution in [0, 0.1) is 0 Å². The summed E-state index contributed by atoms with van der Waals surface area (Å²) >= 11 is 3.44. The second-order valence-corrected chi connectivity index (χ2v) is 5.77. The lowest BCUT2D eigenvalue weighted by Gasteiger charge is -2.31. The Morgan fingerprint density at radius 3 is 2.90 bits per heavy atom. The van der Waals surface area contributed by atoms with Gasteiger partial charge in [-0.05, 0) is 35.0 Å². The predicted molar refractivity (Wildman–Crippen MR) is 76.4 cm³/mol. The fourth-order valence-electron chi connectivity index (χ4n) is 2.42. The predicted octanol–water partition coefficient (Wildman–Crippen LogP) is 2.08. The van der Waals surface area contributed by atoms with E-state index in [4.69, 9.17) is 14.2 Å². The molecule has 1 fully saturated rings. The molecule has 1 amide bonds. The van der Waals surface area contributed by atoms with E-state index < -0.39 is 0 Å². The first-order chi connectivity index (χ1) is 9.65. The Hall–Kier alpha value is -1.27. The quantitative estimate of drug-likeness (QED) is 0.784. The summed E-state index contributed by atoms with van der Waals surface area (Å²) in [5.74, 6) is 1.29. The van der Waals surface area contributed by atoms with Crippen molar-refractivity contribution in [3.63, 3.8) is 0 Å². The SMILES string of the molecule is C[C@H]1CN(C(=O)c2cc(Br)c3c(c2)OCCO3)CCO1. The largest absolute Gasteiger partial charge is 0.486 e. The highest BCUT2D eigenvalue weighted by atomic mass is 79.9. The molecule has 1 aromatic rings. The van der Waals surface area contributed by atoms with Crippen LogP contribution in [0.25, 0.3) is 0 Å². The van der Waals surface area contributed by atoms with Crippen LogP contribution in [0.5, 0.6) is 11.5 Å². The molecule has 0 bridgehead atoms. The van der Waals surface area contributed by atoms with Crippen molar-refractivity contribution in [2.75, 3.05) is 32.9 Å². The molecule has 2 aliphatic heterocycles. The standard InChI is InChI=1S/C14H16BrNO4/c1-9-8-16(2-3-18-9)14(17)10-6-11(15)13-12(7-10)19-4-5-20-13/h6-7,9H,2-5,8H2,1H3/t9-/m0/s1. The summed E-state index contributed by atoms with van der Waals surface area (Å²) in [5, 5.41) is 0. The summed E-state index contributed by atoms with van der Waals surface area (Å²) in [6.07, 6.45) is 0.0772. The lowest BCUT2D eigenvalue weighted by molar-refractivity contribution is -0.0124. The summed E-state index contributed by atoms with van der Waals surface area (Å²) in [7, 11) is 0. The number of amides is 1. The molecule has 0 aliphatic carbocycles. The number of hydrogen-bond donors (Lipinski definition) is 0. The third-order valence-electron chi connectivity index (χ3n) is 3.37. The summed E-state index contributed by atoms with van der Waals surface area (Å²) in [5.41, 5.74) is 0.607. The summed E-state index contributed by atoms with van der Waals surface area (Å²) in [6, 6.07) is 3.54. The van der Waals surface area contributed by atoms with Crippen molar-refractivity contribution in [2.45, 2.75) is 13.0 Å². The number of carbonyl (C=O) groups excluding carboxylic acids is 1. The van der Waals surface area contributed by atoms with Crippen molar-refractivity contribution in [1.29, 1.82) is 0 Å². The number of carbonyl (C=O) groups is 1. The molecule has 6 heteroatoms. The first-order valence-electron chi connectivity index (χ1n) is 6.65. The van der Waals surface area contributed by atoms with Crippen LogP contribution in [-0.2, 0) is 4.74 Å². The van der Waals surface area contributed by atoms with Crippen molar-refractivity contribution in [1.82, 2.24) is 4.90 Å². The molecule has 1 aromatic carbocycles. The molecule has 0 saturated carbocycles. The number of halogens is 1.